The molecule has 0 bridgehead atoms. The van der Waals surface area contributed by atoms with Gasteiger partial charge in [0.05, 0.1) is 19.1 Å². The van der Waals surface area contributed by atoms with Gasteiger partial charge in [0.1, 0.15) is 11.8 Å². The highest BCUT2D eigenvalue weighted by Crippen LogP contribution is 2.22. The number of rotatable bonds is 12. The van der Waals surface area contributed by atoms with Gasteiger partial charge in [-0.2, -0.15) is 0 Å². The Morgan fingerprint density at radius 1 is 1.09 bits per heavy atom. The van der Waals surface area contributed by atoms with Gasteiger partial charge in [0, 0.05) is 30.0 Å². The summed E-state index contributed by atoms with van der Waals surface area (Å²) in [6.45, 7) is 5.83. The molecule has 8 nitrogen and oxygen atoms in total. The normalized spacial score (nSPS) is 12.2. The van der Waals surface area contributed by atoms with Gasteiger partial charge in [0.2, 0.25) is 21.8 Å². The molecule has 0 saturated heterocycles. The second-order valence-electron chi connectivity index (χ2n) is 8.63. The minimum Gasteiger partial charge on any atom is -0.497 e. The van der Waals surface area contributed by atoms with Gasteiger partial charge < -0.3 is 15.0 Å². The Hall–Kier alpha value is -2.59. The van der Waals surface area contributed by atoms with Crippen molar-refractivity contribution in [2.24, 2.45) is 0 Å². The number of halogens is 1. The quantitative estimate of drug-likeness (QED) is 0.419. The number of benzene rings is 2. The molecule has 0 fully saturated rings. The summed E-state index contributed by atoms with van der Waals surface area (Å²) in [5, 5.41) is 2.86. The minimum atomic E-state index is -3.55. The summed E-state index contributed by atoms with van der Waals surface area (Å²) in [7, 11) is -2.02. The SMILES string of the molecule is COc1ccc(N(CCCC(=O)N(Cc2cccc(Br)c2)[C@H](C)C(=O)NC(C)C)S(C)(=O)=O)cc1. The van der Waals surface area contributed by atoms with Gasteiger partial charge in [-0.3, -0.25) is 13.9 Å². The number of hydrogen-bond donors (Lipinski definition) is 1. The molecule has 1 N–H and O–H groups in total. The third-order valence-electron chi connectivity index (χ3n) is 5.35. The molecule has 0 spiro atoms. The van der Waals surface area contributed by atoms with E-state index in [0.717, 1.165) is 16.3 Å². The number of methoxy groups -OCH3 is 1. The molecule has 10 heteroatoms. The lowest BCUT2D eigenvalue weighted by Crippen LogP contribution is -2.49. The van der Waals surface area contributed by atoms with Crippen LogP contribution in [0, 0.1) is 0 Å². The Balaban J connectivity index is 2.16. The number of carbonyl (C=O) groups excluding carboxylic acids is 2. The van der Waals surface area contributed by atoms with E-state index in [1.807, 2.05) is 38.1 Å². The molecular weight excluding hydrogens is 534 g/mol. The summed E-state index contributed by atoms with van der Waals surface area (Å²) in [5.74, 6) is 0.160. The lowest BCUT2D eigenvalue weighted by Gasteiger charge is -2.30. The average molecular weight is 569 g/mol. The first-order chi connectivity index (χ1) is 16.4. The highest BCUT2D eigenvalue weighted by molar-refractivity contribution is 9.10. The molecule has 0 heterocycles. The smallest absolute Gasteiger partial charge is 0.242 e. The fourth-order valence-electron chi connectivity index (χ4n) is 3.57. The first-order valence-electron chi connectivity index (χ1n) is 11.4. The van der Waals surface area contributed by atoms with Crippen LogP contribution >= 0.6 is 15.9 Å². The number of anilines is 1. The van der Waals surface area contributed by atoms with Crippen LogP contribution < -0.4 is 14.4 Å². The summed E-state index contributed by atoms with van der Waals surface area (Å²) < 4.78 is 32.1. The Bertz CT molecular complexity index is 1110. The maximum absolute atomic E-state index is 13.3. The minimum absolute atomic E-state index is 0.0550. The van der Waals surface area contributed by atoms with Crippen LogP contribution in [0.3, 0.4) is 0 Å². The van der Waals surface area contributed by atoms with Crippen molar-refractivity contribution in [1.82, 2.24) is 10.2 Å². The molecule has 2 amide bonds. The number of nitrogens with one attached hydrogen (secondary N) is 1. The fraction of sp³-hybridized carbons (Fsp3) is 0.440. The standard InChI is InChI=1S/C25H34BrN3O5S/c1-18(2)27-25(31)19(3)28(17-20-8-6-9-21(26)16-20)24(30)10-7-15-29(35(5,32)33)22-11-13-23(34-4)14-12-22/h6,8-9,11-14,16,18-19H,7,10,15,17H2,1-5H3,(H,27,31)/t19-/m1/s1. The Labute approximate surface area is 216 Å². The zero-order chi connectivity index (χ0) is 26.2. The Morgan fingerprint density at radius 3 is 2.29 bits per heavy atom. The Kier molecular flexibility index (Phi) is 10.6. The van der Waals surface area contributed by atoms with E-state index in [0.29, 0.717) is 17.9 Å². The molecule has 0 aliphatic rings. The molecule has 192 valence electrons. The van der Waals surface area contributed by atoms with E-state index in [4.69, 9.17) is 4.74 Å². The van der Waals surface area contributed by atoms with Crippen molar-refractivity contribution in [3.63, 3.8) is 0 Å². The third-order valence-corrected chi connectivity index (χ3v) is 7.04. The van der Waals surface area contributed by atoms with E-state index in [2.05, 4.69) is 21.2 Å². The summed E-state index contributed by atoms with van der Waals surface area (Å²) in [5.41, 5.74) is 1.38. The number of sulfonamides is 1. The molecule has 0 unspecified atom stereocenters. The molecule has 0 aliphatic heterocycles. The molecular formula is C25H34BrN3O5S. The van der Waals surface area contributed by atoms with Crippen LogP contribution in [0.1, 0.15) is 39.2 Å². The summed E-state index contributed by atoms with van der Waals surface area (Å²) in [6.07, 6.45) is 1.53. The summed E-state index contributed by atoms with van der Waals surface area (Å²) in [6, 6.07) is 13.5. The van der Waals surface area contributed by atoms with Gasteiger partial charge in [0.25, 0.3) is 0 Å². The van der Waals surface area contributed by atoms with Crippen LogP contribution in [-0.4, -0.2) is 57.1 Å². The number of ether oxygens (including phenoxy) is 1. The third kappa shape index (κ3) is 8.85. The first-order valence-corrected chi connectivity index (χ1v) is 14.0. The molecule has 1 atom stereocenters. The topological polar surface area (TPSA) is 96.0 Å². The zero-order valence-electron chi connectivity index (χ0n) is 20.8. The molecule has 0 aliphatic carbocycles. The van der Waals surface area contributed by atoms with Crippen molar-refractivity contribution in [3.05, 3.63) is 58.6 Å². The highest BCUT2D eigenvalue weighted by Gasteiger charge is 2.27. The van der Waals surface area contributed by atoms with Crippen molar-refractivity contribution in [3.8, 4) is 5.75 Å². The van der Waals surface area contributed by atoms with Crippen molar-refractivity contribution < 1.29 is 22.7 Å². The fourth-order valence-corrected chi connectivity index (χ4v) is 4.98. The second kappa shape index (κ2) is 12.9. The largest absolute Gasteiger partial charge is 0.497 e. The van der Waals surface area contributed by atoms with E-state index < -0.39 is 16.1 Å². The van der Waals surface area contributed by atoms with E-state index in [1.54, 1.807) is 31.2 Å². The van der Waals surface area contributed by atoms with Gasteiger partial charge in [-0.1, -0.05) is 28.1 Å². The maximum atomic E-state index is 13.3. The van der Waals surface area contributed by atoms with Gasteiger partial charge >= 0.3 is 0 Å². The van der Waals surface area contributed by atoms with Crippen LogP contribution in [0.25, 0.3) is 0 Å². The highest BCUT2D eigenvalue weighted by atomic mass is 79.9. The van der Waals surface area contributed by atoms with Crippen LogP contribution in [0.5, 0.6) is 5.75 Å². The maximum Gasteiger partial charge on any atom is 0.242 e. The molecule has 0 radical (unpaired) electrons. The average Bonchev–Trinajstić information content (AvgIpc) is 2.78. The first kappa shape index (κ1) is 28.6. The van der Waals surface area contributed by atoms with Crippen LogP contribution in [0.4, 0.5) is 5.69 Å². The van der Waals surface area contributed by atoms with Crippen LogP contribution in [0.15, 0.2) is 53.0 Å². The lowest BCUT2D eigenvalue weighted by molar-refractivity contribution is -0.140. The van der Waals surface area contributed by atoms with Gasteiger partial charge in [-0.15, -0.1) is 0 Å². The van der Waals surface area contributed by atoms with E-state index in [-0.39, 0.29) is 37.4 Å². The number of amides is 2. The number of carbonyl (C=O) groups is 2. The molecule has 2 aromatic carbocycles. The zero-order valence-corrected chi connectivity index (χ0v) is 23.2. The van der Waals surface area contributed by atoms with Crippen LogP contribution in [-0.2, 0) is 26.2 Å². The van der Waals surface area contributed by atoms with Crippen molar-refractivity contribution in [1.29, 1.82) is 0 Å². The second-order valence-corrected chi connectivity index (χ2v) is 11.5. The van der Waals surface area contributed by atoms with E-state index in [9.17, 15) is 18.0 Å². The predicted octanol–water partition coefficient (Wildman–Crippen LogP) is 3.95. The van der Waals surface area contributed by atoms with Crippen molar-refractivity contribution in [2.75, 3.05) is 24.2 Å². The van der Waals surface area contributed by atoms with Gasteiger partial charge in [-0.05, 0) is 69.2 Å². The molecule has 0 aromatic heterocycles. The molecule has 2 rings (SSSR count). The van der Waals surface area contributed by atoms with E-state index in [1.165, 1.54) is 16.3 Å². The molecule has 35 heavy (non-hydrogen) atoms. The monoisotopic (exact) mass is 567 g/mol. The molecule has 0 saturated carbocycles. The predicted molar refractivity (Wildman–Crippen MR) is 142 cm³/mol. The molecule has 2 aromatic rings. The van der Waals surface area contributed by atoms with Gasteiger partial charge in [0.15, 0.2) is 0 Å². The number of nitrogens with zero attached hydrogens (tertiary/aromatic N) is 2. The van der Waals surface area contributed by atoms with E-state index >= 15 is 0 Å². The Morgan fingerprint density at radius 2 is 1.74 bits per heavy atom. The van der Waals surface area contributed by atoms with Crippen LogP contribution in [0.2, 0.25) is 0 Å². The van der Waals surface area contributed by atoms with Crippen molar-refractivity contribution >= 4 is 43.5 Å². The number of hydrogen-bond acceptors (Lipinski definition) is 5. The van der Waals surface area contributed by atoms with Gasteiger partial charge in [-0.25, -0.2) is 8.42 Å². The summed E-state index contributed by atoms with van der Waals surface area (Å²) in [4.78, 5) is 27.5. The van der Waals surface area contributed by atoms with Crippen molar-refractivity contribution in [2.45, 2.75) is 52.2 Å². The summed E-state index contributed by atoms with van der Waals surface area (Å²) >= 11 is 3.44. The lowest BCUT2D eigenvalue weighted by atomic mass is 10.1.